The second-order valence-corrected chi connectivity index (χ2v) is 4.90. The molecule has 0 aromatic heterocycles. The lowest BCUT2D eigenvalue weighted by atomic mass is 10.2. The molecule has 0 saturated carbocycles. The minimum Gasteiger partial charge on any atom is -0.490 e. The predicted molar refractivity (Wildman–Crippen MR) is 78.1 cm³/mol. The molecule has 26 heavy (non-hydrogen) atoms. The number of methoxy groups -OCH3 is 1. The van der Waals surface area contributed by atoms with E-state index in [1.54, 1.807) is 0 Å². The molecule has 1 N–H and O–H groups in total. The summed E-state index contributed by atoms with van der Waals surface area (Å²) < 4.78 is 99.3. The van der Waals surface area contributed by atoms with E-state index >= 15 is 0 Å². The van der Waals surface area contributed by atoms with Crippen molar-refractivity contribution in [2.45, 2.75) is 6.36 Å². The summed E-state index contributed by atoms with van der Waals surface area (Å²) in [6.45, 7) is 0. The number of rotatable bonds is 5. The van der Waals surface area contributed by atoms with Crippen molar-refractivity contribution in [3.05, 3.63) is 46.5 Å². The van der Waals surface area contributed by atoms with E-state index in [4.69, 9.17) is 25.6 Å². The van der Waals surface area contributed by atoms with Crippen molar-refractivity contribution in [3.63, 3.8) is 0 Å². The monoisotopic (exact) mass is 401 g/mol. The lowest BCUT2D eigenvalue weighted by molar-refractivity contribution is -0.275. The molecule has 2 aromatic rings. The second kappa shape index (κ2) is 7.24. The smallest absolute Gasteiger partial charge is 0.490 e. The van der Waals surface area contributed by atoms with Crippen molar-refractivity contribution in [3.8, 4) is 23.0 Å². The molecule has 0 spiro atoms. The first-order valence-corrected chi connectivity index (χ1v) is 6.74. The summed E-state index contributed by atoms with van der Waals surface area (Å²) >= 11 is 5.48. The first-order chi connectivity index (χ1) is 13.2. The number of benzene rings is 2. The van der Waals surface area contributed by atoms with Crippen molar-refractivity contribution in [2.75, 3.05) is 7.04 Å². The maximum Gasteiger partial charge on any atom is 0.573 e. The molecule has 0 amide bonds. The molecule has 0 unspecified atom stereocenters. The van der Waals surface area contributed by atoms with E-state index in [-0.39, 0.29) is 0 Å². The summed E-state index contributed by atoms with van der Waals surface area (Å²) in [6, 6.07) is 2.80. The Kier molecular flexibility index (Phi) is 4.32. The molecule has 2 aromatic carbocycles. The van der Waals surface area contributed by atoms with Crippen LogP contribution >= 0.6 is 11.6 Å². The highest BCUT2D eigenvalue weighted by Crippen LogP contribution is 2.41. The first kappa shape index (κ1) is 15.5. The molecule has 0 aliphatic rings. The van der Waals surface area contributed by atoms with Gasteiger partial charge in [-0.2, -0.15) is 4.39 Å². The fourth-order valence-electron chi connectivity index (χ4n) is 1.83. The lowest BCUT2D eigenvalue weighted by Gasteiger charge is -2.16. The summed E-state index contributed by atoms with van der Waals surface area (Å²) in [5.74, 6) is -9.55. The van der Waals surface area contributed by atoms with Gasteiger partial charge in [0, 0.05) is 0 Å². The number of hydrogen-bond acceptors (Lipinski definition) is 4. The van der Waals surface area contributed by atoms with E-state index in [0.29, 0.717) is 12.1 Å². The molecule has 2 rings (SSSR count). The van der Waals surface area contributed by atoms with Gasteiger partial charge in [0.2, 0.25) is 11.6 Å². The average molecular weight is 402 g/mol. The molecular formula is C15H8ClF5O5. The summed E-state index contributed by atoms with van der Waals surface area (Å²) in [7, 11) is -3.34. The molecule has 11 heteroatoms. The Morgan fingerprint density at radius 3 is 2.31 bits per heavy atom. The van der Waals surface area contributed by atoms with Gasteiger partial charge in [0.1, 0.15) is 11.3 Å². The summed E-state index contributed by atoms with van der Waals surface area (Å²) in [4.78, 5) is 11.3. The summed E-state index contributed by atoms with van der Waals surface area (Å²) in [5, 5.41) is 8.52. The van der Waals surface area contributed by atoms with Crippen LogP contribution in [0.2, 0.25) is 5.02 Å². The van der Waals surface area contributed by atoms with Crippen molar-refractivity contribution < 1.29 is 50.2 Å². The molecule has 0 aliphatic carbocycles. The fraction of sp³-hybridized carbons (Fsp3) is 0.133. The number of aromatic carboxylic acids is 1. The standard InChI is InChI=1S/C15H8ClF5O5/c1-24-13-9(5-4-8(12(13)18)26-15(19,20)21)25-7-3-2-6(16)11(17)10(7)14(22)23/h2-5H,1H3,(H,22,23)/i1D3. The Hall–Kier alpha value is -2.75. The third-order valence-corrected chi connectivity index (χ3v) is 3.14. The van der Waals surface area contributed by atoms with E-state index in [0.717, 1.165) is 12.1 Å². The Labute approximate surface area is 151 Å². The first-order valence-electron chi connectivity index (χ1n) is 7.86. The van der Waals surface area contributed by atoms with Crippen molar-refractivity contribution in [2.24, 2.45) is 0 Å². The maximum absolute atomic E-state index is 14.4. The third-order valence-electron chi connectivity index (χ3n) is 2.84. The molecule has 0 fully saturated rings. The van der Waals surface area contributed by atoms with Gasteiger partial charge in [-0.15, -0.1) is 13.2 Å². The molecule has 0 saturated heterocycles. The highest BCUT2D eigenvalue weighted by atomic mass is 35.5. The van der Waals surface area contributed by atoms with Gasteiger partial charge >= 0.3 is 12.3 Å². The fourth-order valence-corrected chi connectivity index (χ4v) is 1.99. The van der Waals surface area contributed by atoms with Gasteiger partial charge in [-0.25, -0.2) is 9.18 Å². The number of hydrogen-bond donors (Lipinski definition) is 1. The van der Waals surface area contributed by atoms with E-state index in [9.17, 15) is 26.7 Å². The van der Waals surface area contributed by atoms with Gasteiger partial charge in [0.05, 0.1) is 16.2 Å². The van der Waals surface area contributed by atoms with Crippen LogP contribution in [0, 0.1) is 11.6 Å². The number of ether oxygens (including phenoxy) is 3. The van der Waals surface area contributed by atoms with Crippen LogP contribution in [0.3, 0.4) is 0 Å². The van der Waals surface area contributed by atoms with Crippen molar-refractivity contribution in [1.82, 2.24) is 0 Å². The van der Waals surface area contributed by atoms with Crippen LogP contribution in [0.25, 0.3) is 0 Å². The Morgan fingerprint density at radius 2 is 1.73 bits per heavy atom. The molecular weight excluding hydrogens is 391 g/mol. The molecule has 0 atom stereocenters. The topological polar surface area (TPSA) is 65.0 Å². The second-order valence-electron chi connectivity index (χ2n) is 4.50. The van der Waals surface area contributed by atoms with Gasteiger partial charge in [-0.1, -0.05) is 11.6 Å². The van der Waals surface area contributed by atoms with Gasteiger partial charge in [0.15, 0.2) is 17.3 Å². The minimum atomic E-state index is -5.31. The Morgan fingerprint density at radius 1 is 1.12 bits per heavy atom. The quantitative estimate of drug-likeness (QED) is 0.713. The van der Waals surface area contributed by atoms with Crippen LogP contribution in [0.5, 0.6) is 23.0 Å². The molecule has 0 heterocycles. The molecule has 0 bridgehead atoms. The summed E-state index contributed by atoms with van der Waals surface area (Å²) in [5.41, 5.74) is -1.09. The number of carboxylic acid groups (broad SMARTS) is 1. The van der Waals surface area contributed by atoms with E-state index in [2.05, 4.69) is 9.47 Å². The number of carbonyl (C=O) groups is 1. The van der Waals surface area contributed by atoms with Crippen molar-refractivity contribution >= 4 is 17.6 Å². The van der Waals surface area contributed by atoms with Gasteiger partial charge < -0.3 is 19.3 Å². The number of alkyl halides is 3. The van der Waals surface area contributed by atoms with Gasteiger partial charge in [0.25, 0.3) is 0 Å². The SMILES string of the molecule is [2H]C([2H])([2H])Oc1c(Oc2ccc(Cl)c(F)c2C(=O)O)ccc(OC(F)(F)F)c1F. The van der Waals surface area contributed by atoms with Crippen LogP contribution in [-0.4, -0.2) is 24.5 Å². The highest BCUT2D eigenvalue weighted by Gasteiger charge is 2.34. The lowest BCUT2D eigenvalue weighted by Crippen LogP contribution is -2.18. The number of carboxylic acids is 1. The van der Waals surface area contributed by atoms with Gasteiger partial charge in [-0.3, -0.25) is 0 Å². The molecule has 0 aliphatic heterocycles. The van der Waals surface area contributed by atoms with Crippen LogP contribution in [0.15, 0.2) is 24.3 Å². The Bertz CT molecular complexity index is 949. The zero-order chi connectivity index (χ0) is 22.1. The van der Waals surface area contributed by atoms with Gasteiger partial charge in [-0.05, 0) is 24.3 Å². The van der Waals surface area contributed by atoms with E-state index in [1.807, 2.05) is 0 Å². The highest BCUT2D eigenvalue weighted by molar-refractivity contribution is 6.31. The van der Waals surface area contributed by atoms with Crippen LogP contribution in [0.4, 0.5) is 22.0 Å². The third kappa shape index (κ3) is 4.07. The minimum absolute atomic E-state index is 0.428. The number of halogens is 6. The van der Waals surface area contributed by atoms with Crippen LogP contribution in [-0.2, 0) is 0 Å². The molecule has 140 valence electrons. The zero-order valence-electron chi connectivity index (χ0n) is 15.2. The largest absolute Gasteiger partial charge is 0.573 e. The predicted octanol–water partition coefficient (Wildman–Crippen LogP) is 5.02. The van der Waals surface area contributed by atoms with E-state index in [1.165, 1.54) is 0 Å². The van der Waals surface area contributed by atoms with Crippen molar-refractivity contribution in [1.29, 1.82) is 0 Å². The zero-order valence-corrected chi connectivity index (χ0v) is 12.9. The normalized spacial score (nSPS) is 13.4. The van der Waals surface area contributed by atoms with Crippen LogP contribution in [0.1, 0.15) is 14.5 Å². The Balaban J connectivity index is 2.60. The molecule has 0 radical (unpaired) electrons. The van der Waals surface area contributed by atoms with Crippen LogP contribution < -0.4 is 14.2 Å². The van der Waals surface area contributed by atoms with E-state index < -0.39 is 64.6 Å². The maximum atomic E-state index is 14.4. The molecule has 5 nitrogen and oxygen atoms in total. The average Bonchev–Trinajstić information content (AvgIpc) is 2.54. The summed E-state index contributed by atoms with van der Waals surface area (Å²) in [6.07, 6.45) is -5.31.